The van der Waals surface area contributed by atoms with Gasteiger partial charge in [0.25, 0.3) is 0 Å². The van der Waals surface area contributed by atoms with E-state index in [0.29, 0.717) is 26.2 Å². The number of rotatable bonds is 5. The quantitative estimate of drug-likeness (QED) is 0.868. The Hall–Kier alpha value is -1.79. The lowest BCUT2D eigenvalue weighted by Crippen LogP contribution is -2.45. The van der Waals surface area contributed by atoms with Gasteiger partial charge in [0.2, 0.25) is 0 Å². The minimum atomic E-state index is -0.920. The first-order valence-corrected chi connectivity index (χ1v) is 6.41. The van der Waals surface area contributed by atoms with Gasteiger partial charge in [0.1, 0.15) is 11.5 Å². The Morgan fingerprint density at radius 2 is 2.25 bits per heavy atom. The van der Waals surface area contributed by atoms with E-state index in [1.54, 1.807) is 14.2 Å². The van der Waals surface area contributed by atoms with E-state index in [1.165, 1.54) is 0 Å². The second-order valence-corrected chi connectivity index (χ2v) is 4.61. The van der Waals surface area contributed by atoms with E-state index in [-0.39, 0.29) is 0 Å². The van der Waals surface area contributed by atoms with Crippen LogP contribution < -0.4 is 9.47 Å². The number of benzene rings is 1. The predicted octanol–water partition coefficient (Wildman–Crippen LogP) is 0.989. The van der Waals surface area contributed by atoms with Crippen LogP contribution in [0.4, 0.5) is 0 Å². The van der Waals surface area contributed by atoms with E-state index in [0.717, 1.165) is 17.1 Å². The maximum atomic E-state index is 11.0. The van der Waals surface area contributed by atoms with Gasteiger partial charge in [-0.3, -0.25) is 4.90 Å². The second kappa shape index (κ2) is 6.58. The molecule has 1 aliphatic rings. The second-order valence-electron chi connectivity index (χ2n) is 4.61. The Balaban J connectivity index is 2.07. The molecule has 1 atom stereocenters. The Morgan fingerprint density at radius 1 is 1.45 bits per heavy atom. The van der Waals surface area contributed by atoms with Crippen LogP contribution in [0.2, 0.25) is 0 Å². The van der Waals surface area contributed by atoms with Crippen LogP contribution in [0.1, 0.15) is 5.56 Å². The highest BCUT2D eigenvalue weighted by molar-refractivity contribution is 5.72. The van der Waals surface area contributed by atoms with Gasteiger partial charge in [-0.25, -0.2) is 4.79 Å². The molecule has 1 N–H and O–H groups in total. The normalized spacial score (nSPS) is 19.6. The fourth-order valence-electron chi connectivity index (χ4n) is 2.22. The third-order valence-electron chi connectivity index (χ3n) is 3.31. The minimum absolute atomic E-state index is 0.379. The van der Waals surface area contributed by atoms with Crippen LogP contribution in [0.5, 0.6) is 11.5 Å². The molecule has 0 aromatic heterocycles. The molecule has 110 valence electrons. The van der Waals surface area contributed by atoms with Crippen molar-refractivity contribution in [3.8, 4) is 11.5 Å². The molecule has 1 aromatic carbocycles. The van der Waals surface area contributed by atoms with Crippen molar-refractivity contribution in [1.29, 1.82) is 0 Å². The molecular weight excluding hydrogens is 262 g/mol. The first-order chi connectivity index (χ1) is 9.63. The molecule has 1 aromatic rings. The van der Waals surface area contributed by atoms with Gasteiger partial charge in [-0.15, -0.1) is 0 Å². The van der Waals surface area contributed by atoms with Crippen molar-refractivity contribution >= 4 is 5.97 Å². The van der Waals surface area contributed by atoms with E-state index in [4.69, 9.17) is 19.3 Å². The van der Waals surface area contributed by atoms with Gasteiger partial charge in [0.05, 0.1) is 20.8 Å². The lowest BCUT2D eigenvalue weighted by atomic mass is 10.1. The average molecular weight is 281 g/mol. The summed E-state index contributed by atoms with van der Waals surface area (Å²) in [5.41, 5.74) is 0.999. The Labute approximate surface area is 117 Å². The van der Waals surface area contributed by atoms with Crippen molar-refractivity contribution < 1.29 is 24.1 Å². The summed E-state index contributed by atoms with van der Waals surface area (Å²) in [4.78, 5) is 13.0. The first kappa shape index (κ1) is 14.6. The zero-order chi connectivity index (χ0) is 14.5. The van der Waals surface area contributed by atoms with Crippen LogP contribution in [0.3, 0.4) is 0 Å². The maximum Gasteiger partial charge on any atom is 0.334 e. The van der Waals surface area contributed by atoms with Crippen LogP contribution in [-0.4, -0.2) is 56.0 Å². The molecule has 20 heavy (non-hydrogen) atoms. The first-order valence-electron chi connectivity index (χ1n) is 6.41. The van der Waals surface area contributed by atoms with E-state index in [9.17, 15) is 4.79 Å². The van der Waals surface area contributed by atoms with Crippen molar-refractivity contribution in [1.82, 2.24) is 4.90 Å². The zero-order valence-electron chi connectivity index (χ0n) is 11.7. The van der Waals surface area contributed by atoms with Crippen molar-refractivity contribution in [2.24, 2.45) is 0 Å². The number of methoxy groups -OCH3 is 2. The molecule has 6 heteroatoms. The van der Waals surface area contributed by atoms with Crippen molar-refractivity contribution in [3.05, 3.63) is 23.8 Å². The lowest BCUT2D eigenvalue weighted by molar-refractivity contribution is -0.156. The number of carboxylic acids is 1. The van der Waals surface area contributed by atoms with Gasteiger partial charge >= 0.3 is 5.97 Å². The third-order valence-corrected chi connectivity index (χ3v) is 3.31. The molecule has 0 radical (unpaired) electrons. The molecule has 1 heterocycles. The Bertz CT molecular complexity index is 477. The Morgan fingerprint density at radius 3 is 2.90 bits per heavy atom. The van der Waals surface area contributed by atoms with Gasteiger partial charge in [-0.2, -0.15) is 0 Å². The van der Waals surface area contributed by atoms with Crippen LogP contribution in [0.15, 0.2) is 18.2 Å². The smallest absolute Gasteiger partial charge is 0.334 e. The monoisotopic (exact) mass is 281 g/mol. The average Bonchev–Trinajstić information content (AvgIpc) is 2.48. The highest BCUT2D eigenvalue weighted by Crippen LogP contribution is 2.26. The highest BCUT2D eigenvalue weighted by Gasteiger charge is 2.26. The summed E-state index contributed by atoms with van der Waals surface area (Å²) < 4.78 is 15.7. The number of hydrogen-bond acceptors (Lipinski definition) is 5. The predicted molar refractivity (Wildman–Crippen MR) is 72.2 cm³/mol. The van der Waals surface area contributed by atoms with Gasteiger partial charge in [-0.1, -0.05) is 6.07 Å². The molecule has 0 spiro atoms. The van der Waals surface area contributed by atoms with Crippen LogP contribution in [0, 0.1) is 0 Å². The topological polar surface area (TPSA) is 68.2 Å². The number of carbonyl (C=O) groups is 1. The lowest BCUT2D eigenvalue weighted by Gasteiger charge is -2.31. The van der Waals surface area contributed by atoms with Gasteiger partial charge in [-0.05, 0) is 6.07 Å². The minimum Gasteiger partial charge on any atom is -0.497 e. The van der Waals surface area contributed by atoms with Gasteiger partial charge < -0.3 is 19.3 Å². The largest absolute Gasteiger partial charge is 0.497 e. The van der Waals surface area contributed by atoms with E-state index < -0.39 is 12.1 Å². The summed E-state index contributed by atoms with van der Waals surface area (Å²) in [5.74, 6) is 0.551. The number of aliphatic carboxylic acids is 1. The number of ether oxygens (including phenoxy) is 3. The summed E-state index contributed by atoms with van der Waals surface area (Å²) in [6, 6.07) is 5.63. The summed E-state index contributed by atoms with van der Waals surface area (Å²) in [6.45, 7) is 2.14. The molecule has 1 aliphatic heterocycles. The van der Waals surface area contributed by atoms with Crippen molar-refractivity contribution in [2.75, 3.05) is 33.9 Å². The van der Waals surface area contributed by atoms with Gasteiger partial charge in [0, 0.05) is 31.3 Å². The number of nitrogens with zero attached hydrogens (tertiary/aromatic N) is 1. The number of hydrogen-bond donors (Lipinski definition) is 1. The van der Waals surface area contributed by atoms with Crippen molar-refractivity contribution in [3.63, 3.8) is 0 Å². The molecule has 0 saturated carbocycles. The molecular formula is C14H19NO5. The molecule has 0 amide bonds. The van der Waals surface area contributed by atoms with Gasteiger partial charge in [0.15, 0.2) is 6.10 Å². The fourth-order valence-corrected chi connectivity index (χ4v) is 2.22. The molecule has 1 unspecified atom stereocenters. The summed E-state index contributed by atoms with van der Waals surface area (Å²) >= 11 is 0. The summed E-state index contributed by atoms with van der Waals surface area (Å²) in [6.07, 6.45) is -0.756. The number of carboxylic acid groups (broad SMARTS) is 1. The van der Waals surface area contributed by atoms with Crippen molar-refractivity contribution in [2.45, 2.75) is 12.6 Å². The standard InChI is InChI=1S/C14H19NO5/c1-18-11-4-3-10(12(7-11)19-2)8-15-5-6-20-13(9-15)14(16)17/h3-4,7,13H,5-6,8-9H2,1-2H3,(H,16,17). The number of morpholine rings is 1. The molecule has 6 nitrogen and oxygen atoms in total. The summed E-state index contributed by atoms with van der Waals surface area (Å²) in [5, 5.41) is 9.00. The highest BCUT2D eigenvalue weighted by atomic mass is 16.5. The SMILES string of the molecule is COc1ccc(CN2CCOC(C(=O)O)C2)c(OC)c1. The van der Waals surface area contributed by atoms with Crippen LogP contribution in [-0.2, 0) is 16.1 Å². The summed E-state index contributed by atoms with van der Waals surface area (Å²) in [7, 11) is 3.21. The van der Waals surface area contributed by atoms with E-state index >= 15 is 0 Å². The van der Waals surface area contributed by atoms with Crippen LogP contribution >= 0.6 is 0 Å². The van der Waals surface area contributed by atoms with Crippen LogP contribution in [0.25, 0.3) is 0 Å². The molecule has 0 bridgehead atoms. The van der Waals surface area contributed by atoms with E-state index in [2.05, 4.69) is 0 Å². The third kappa shape index (κ3) is 3.40. The molecule has 1 saturated heterocycles. The Kier molecular flexibility index (Phi) is 4.81. The zero-order valence-corrected chi connectivity index (χ0v) is 11.7. The fraction of sp³-hybridized carbons (Fsp3) is 0.500. The molecule has 0 aliphatic carbocycles. The maximum absolute atomic E-state index is 11.0. The van der Waals surface area contributed by atoms with E-state index in [1.807, 2.05) is 23.1 Å². The molecule has 2 rings (SSSR count). The molecule has 1 fully saturated rings.